The van der Waals surface area contributed by atoms with Gasteiger partial charge in [0.2, 0.25) is 0 Å². The van der Waals surface area contributed by atoms with Crippen molar-refractivity contribution in [2.75, 3.05) is 5.75 Å². The van der Waals surface area contributed by atoms with Crippen LogP contribution in [0, 0.1) is 0 Å². The molecule has 0 aliphatic heterocycles. The van der Waals surface area contributed by atoms with Crippen LogP contribution in [0.2, 0.25) is 0 Å². The molecule has 16 heavy (non-hydrogen) atoms. The standard InChI is InChI=1S/C11H11BrO3S/c1-2-16(13,14)7-10-6-8-5-9(12)3-4-11(8)15-10/h3-6H,2,7H2,1H3. The van der Waals surface area contributed by atoms with Gasteiger partial charge in [0, 0.05) is 15.6 Å². The summed E-state index contributed by atoms with van der Waals surface area (Å²) in [7, 11) is -3.04. The molecule has 1 aromatic carbocycles. The summed E-state index contributed by atoms with van der Waals surface area (Å²) in [5.41, 5.74) is 0.713. The number of halogens is 1. The molecule has 0 amide bonds. The molecular weight excluding hydrogens is 292 g/mol. The Morgan fingerprint density at radius 1 is 1.31 bits per heavy atom. The Morgan fingerprint density at radius 2 is 2.06 bits per heavy atom. The second-order valence-corrected chi connectivity index (χ2v) is 6.84. The average Bonchev–Trinajstić information content (AvgIpc) is 2.58. The molecule has 0 saturated heterocycles. The van der Waals surface area contributed by atoms with Crippen LogP contribution in [0.15, 0.2) is 33.2 Å². The van der Waals surface area contributed by atoms with E-state index in [4.69, 9.17) is 4.42 Å². The van der Waals surface area contributed by atoms with Gasteiger partial charge in [0.1, 0.15) is 17.1 Å². The highest BCUT2D eigenvalue weighted by molar-refractivity contribution is 9.10. The SMILES string of the molecule is CCS(=O)(=O)Cc1cc2cc(Br)ccc2o1. The van der Waals surface area contributed by atoms with E-state index >= 15 is 0 Å². The van der Waals surface area contributed by atoms with Gasteiger partial charge < -0.3 is 4.42 Å². The fraction of sp³-hybridized carbons (Fsp3) is 0.273. The molecular formula is C11H11BrO3S. The highest BCUT2D eigenvalue weighted by Gasteiger charge is 2.13. The molecule has 0 bridgehead atoms. The predicted molar refractivity (Wildman–Crippen MR) is 67.1 cm³/mol. The van der Waals surface area contributed by atoms with Crippen LogP contribution < -0.4 is 0 Å². The zero-order chi connectivity index (χ0) is 11.8. The smallest absolute Gasteiger partial charge is 0.157 e. The van der Waals surface area contributed by atoms with Crippen LogP contribution in [0.4, 0.5) is 0 Å². The molecule has 0 saturated carbocycles. The van der Waals surface area contributed by atoms with E-state index in [2.05, 4.69) is 15.9 Å². The maximum Gasteiger partial charge on any atom is 0.157 e. The summed E-state index contributed by atoms with van der Waals surface area (Å²) in [4.78, 5) is 0. The third-order valence-electron chi connectivity index (χ3n) is 2.33. The highest BCUT2D eigenvalue weighted by Crippen LogP contribution is 2.24. The van der Waals surface area contributed by atoms with Crippen molar-refractivity contribution < 1.29 is 12.8 Å². The normalized spacial score (nSPS) is 12.1. The van der Waals surface area contributed by atoms with Gasteiger partial charge in [-0.2, -0.15) is 0 Å². The molecule has 3 nitrogen and oxygen atoms in total. The lowest BCUT2D eigenvalue weighted by Crippen LogP contribution is -2.05. The summed E-state index contributed by atoms with van der Waals surface area (Å²) in [6.45, 7) is 1.63. The minimum atomic E-state index is -3.04. The molecule has 2 rings (SSSR count). The van der Waals surface area contributed by atoms with E-state index in [0.29, 0.717) is 11.3 Å². The Labute approximate surface area is 102 Å². The van der Waals surface area contributed by atoms with Crippen molar-refractivity contribution in [3.63, 3.8) is 0 Å². The Kier molecular flexibility index (Phi) is 3.08. The first kappa shape index (κ1) is 11.7. The van der Waals surface area contributed by atoms with E-state index in [1.54, 1.807) is 13.0 Å². The van der Waals surface area contributed by atoms with E-state index in [-0.39, 0.29) is 11.5 Å². The fourth-order valence-electron chi connectivity index (χ4n) is 1.46. The second-order valence-electron chi connectivity index (χ2n) is 3.57. The van der Waals surface area contributed by atoms with Gasteiger partial charge in [-0.05, 0) is 24.3 Å². The number of hydrogen-bond donors (Lipinski definition) is 0. The van der Waals surface area contributed by atoms with Crippen LogP contribution >= 0.6 is 15.9 Å². The molecule has 86 valence electrons. The number of benzene rings is 1. The molecule has 1 aromatic heterocycles. The van der Waals surface area contributed by atoms with Crippen LogP contribution in [0.5, 0.6) is 0 Å². The molecule has 0 atom stereocenters. The van der Waals surface area contributed by atoms with Crippen LogP contribution in [0.25, 0.3) is 11.0 Å². The molecule has 0 radical (unpaired) electrons. The van der Waals surface area contributed by atoms with Crippen LogP contribution in [-0.4, -0.2) is 14.2 Å². The largest absolute Gasteiger partial charge is 0.460 e. The Bertz CT molecular complexity index is 613. The zero-order valence-corrected chi connectivity index (χ0v) is 11.1. The topological polar surface area (TPSA) is 47.3 Å². The second kappa shape index (κ2) is 4.22. The van der Waals surface area contributed by atoms with E-state index in [1.165, 1.54) is 0 Å². The summed E-state index contributed by atoms with van der Waals surface area (Å²) in [6, 6.07) is 7.36. The van der Waals surface area contributed by atoms with Gasteiger partial charge in [-0.3, -0.25) is 0 Å². The Morgan fingerprint density at radius 3 is 2.75 bits per heavy atom. The first-order chi connectivity index (χ1) is 7.50. The van der Waals surface area contributed by atoms with Crippen LogP contribution in [0.1, 0.15) is 12.7 Å². The van der Waals surface area contributed by atoms with Crippen LogP contribution in [0.3, 0.4) is 0 Å². The van der Waals surface area contributed by atoms with Gasteiger partial charge in [0.15, 0.2) is 9.84 Å². The summed E-state index contributed by atoms with van der Waals surface area (Å²) >= 11 is 3.36. The Hall–Kier alpha value is -0.810. The molecule has 0 unspecified atom stereocenters. The van der Waals surface area contributed by atoms with Gasteiger partial charge >= 0.3 is 0 Å². The maximum atomic E-state index is 11.4. The third-order valence-corrected chi connectivity index (χ3v) is 4.43. The van der Waals surface area contributed by atoms with Crippen molar-refractivity contribution in [1.29, 1.82) is 0 Å². The molecule has 2 aromatic rings. The number of fused-ring (bicyclic) bond motifs is 1. The van der Waals surface area contributed by atoms with Crippen molar-refractivity contribution in [1.82, 2.24) is 0 Å². The average molecular weight is 303 g/mol. The molecule has 0 N–H and O–H groups in total. The lowest BCUT2D eigenvalue weighted by Gasteiger charge is -1.95. The first-order valence-corrected chi connectivity index (χ1v) is 7.50. The lowest BCUT2D eigenvalue weighted by atomic mass is 10.2. The van der Waals surface area contributed by atoms with Crippen LogP contribution in [-0.2, 0) is 15.6 Å². The fourth-order valence-corrected chi connectivity index (χ4v) is 2.62. The zero-order valence-electron chi connectivity index (χ0n) is 8.73. The van der Waals surface area contributed by atoms with Gasteiger partial charge in [0.25, 0.3) is 0 Å². The lowest BCUT2D eigenvalue weighted by molar-refractivity contribution is 0.555. The summed E-state index contributed by atoms with van der Waals surface area (Å²) < 4.78 is 29.3. The highest BCUT2D eigenvalue weighted by atomic mass is 79.9. The molecule has 0 aliphatic carbocycles. The summed E-state index contributed by atoms with van der Waals surface area (Å²) in [5, 5.41) is 0.913. The molecule has 0 aliphatic rings. The van der Waals surface area contributed by atoms with Gasteiger partial charge in [-0.15, -0.1) is 0 Å². The van der Waals surface area contributed by atoms with Gasteiger partial charge in [0.05, 0.1) is 0 Å². The van der Waals surface area contributed by atoms with E-state index in [1.807, 2.05) is 18.2 Å². The number of sulfone groups is 1. The minimum absolute atomic E-state index is 0.0319. The molecule has 5 heteroatoms. The quantitative estimate of drug-likeness (QED) is 0.875. The number of furan rings is 1. The predicted octanol–water partition coefficient (Wildman–Crippen LogP) is 3.13. The molecule has 0 spiro atoms. The van der Waals surface area contributed by atoms with Crippen molar-refractivity contribution in [3.8, 4) is 0 Å². The third kappa shape index (κ3) is 2.47. The summed E-state index contributed by atoms with van der Waals surface area (Å²) in [6.07, 6.45) is 0. The first-order valence-electron chi connectivity index (χ1n) is 4.88. The van der Waals surface area contributed by atoms with Crippen molar-refractivity contribution in [3.05, 3.63) is 34.5 Å². The molecule has 1 heterocycles. The monoisotopic (exact) mass is 302 g/mol. The van der Waals surface area contributed by atoms with Gasteiger partial charge in [-0.25, -0.2) is 8.42 Å². The number of hydrogen-bond acceptors (Lipinski definition) is 3. The van der Waals surface area contributed by atoms with Crippen molar-refractivity contribution in [2.24, 2.45) is 0 Å². The van der Waals surface area contributed by atoms with Crippen molar-refractivity contribution >= 4 is 36.7 Å². The van der Waals surface area contributed by atoms with E-state index < -0.39 is 9.84 Å². The number of rotatable bonds is 3. The molecule has 0 fully saturated rings. The summed E-state index contributed by atoms with van der Waals surface area (Å²) in [5.74, 6) is 0.596. The van der Waals surface area contributed by atoms with Crippen molar-refractivity contribution in [2.45, 2.75) is 12.7 Å². The van der Waals surface area contributed by atoms with E-state index in [9.17, 15) is 8.42 Å². The minimum Gasteiger partial charge on any atom is -0.460 e. The van der Waals surface area contributed by atoms with E-state index in [0.717, 1.165) is 9.86 Å². The maximum absolute atomic E-state index is 11.4. The Balaban J connectivity index is 2.40. The van der Waals surface area contributed by atoms with Gasteiger partial charge in [-0.1, -0.05) is 22.9 Å².